The Labute approximate surface area is 249 Å². The monoisotopic (exact) mass is 616 g/mol. The van der Waals surface area contributed by atoms with Crippen molar-refractivity contribution >= 4 is 29.4 Å². The summed E-state index contributed by atoms with van der Waals surface area (Å²) in [4.78, 5) is 29.0. The number of anilines is 2. The van der Waals surface area contributed by atoms with Gasteiger partial charge < -0.3 is 25.4 Å². The maximum atomic E-state index is 10.6. The van der Waals surface area contributed by atoms with Gasteiger partial charge in [-0.2, -0.15) is 18.3 Å². The van der Waals surface area contributed by atoms with Gasteiger partial charge in [0, 0.05) is 44.0 Å². The van der Waals surface area contributed by atoms with E-state index in [1.54, 1.807) is 11.8 Å². The number of aliphatic carboxylic acids is 1. The average Bonchev–Trinajstić information content (AvgIpc) is 3.30. The highest BCUT2D eigenvalue weighted by Crippen LogP contribution is 2.57. The Morgan fingerprint density at radius 3 is 2.49 bits per heavy atom. The van der Waals surface area contributed by atoms with Crippen LogP contribution in [-0.2, 0) is 11.3 Å². The predicted molar refractivity (Wildman–Crippen MR) is 150 cm³/mol. The van der Waals surface area contributed by atoms with Crippen molar-refractivity contribution in [2.24, 2.45) is 16.6 Å². The summed E-state index contributed by atoms with van der Waals surface area (Å²) in [5, 5.41) is 12.4. The zero-order valence-corrected chi connectivity index (χ0v) is 24.0. The Morgan fingerprint density at radius 2 is 1.84 bits per heavy atom. The third kappa shape index (κ3) is 5.15. The summed E-state index contributed by atoms with van der Waals surface area (Å²) in [5.74, 6) is 0.0732. The second-order valence-corrected chi connectivity index (χ2v) is 13.2. The maximum absolute atomic E-state index is 10.6. The number of alkyl halides is 3. The number of halogens is 3. The lowest BCUT2D eigenvalue weighted by molar-refractivity contribution is -0.192. The number of pyridine rings is 1. The second-order valence-electron chi connectivity index (χ2n) is 12.1. The molecule has 0 aromatic carbocycles. The van der Waals surface area contributed by atoms with Crippen LogP contribution in [0.3, 0.4) is 0 Å². The van der Waals surface area contributed by atoms with Crippen LogP contribution in [0.4, 0.5) is 24.8 Å². The van der Waals surface area contributed by atoms with Crippen molar-refractivity contribution in [2.75, 3.05) is 36.0 Å². The van der Waals surface area contributed by atoms with E-state index in [1.165, 1.54) is 25.0 Å². The molecule has 8 rings (SSSR count). The average molecular weight is 617 g/mol. The Bertz CT molecular complexity index is 1520. The topological polar surface area (TPSA) is 136 Å². The van der Waals surface area contributed by atoms with Gasteiger partial charge in [0.15, 0.2) is 11.6 Å². The van der Waals surface area contributed by atoms with Crippen LogP contribution in [0.25, 0.3) is 0 Å². The molecule has 11 nitrogen and oxygen atoms in total. The van der Waals surface area contributed by atoms with E-state index in [0.717, 1.165) is 72.9 Å². The quantitative estimate of drug-likeness (QED) is 0.444. The molecule has 3 fully saturated rings. The number of nitrogens with zero attached hydrogens (tertiary/aromatic N) is 7. The Kier molecular flexibility index (Phi) is 6.72. The van der Waals surface area contributed by atoms with Gasteiger partial charge in [0.25, 0.3) is 0 Å². The van der Waals surface area contributed by atoms with Crippen molar-refractivity contribution in [3.05, 3.63) is 42.6 Å². The van der Waals surface area contributed by atoms with E-state index in [1.807, 2.05) is 30.9 Å². The first-order valence-corrected chi connectivity index (χ1v) is 15.1. The lowest BCUT2D eigenvalue weighted by atomic mass is 9.73. The van der Waals surface area contributed by atoms with Gasteiger partial charge in [0.2, 0.25) is 0 Å². The van der Waals surface area contributed by atoms with Crippen LogP contribution < -0.4 is 20.3 Å². The second kappa shape index (κ2) is 10.3. The van der Waals surface area contributed by atoms with Gasteiger partial charge in [0.05, 0.1) is 35.1 Å². The summed E-state index contributed by atoms with van der Waals surface area (Å²) >= 11 is 1.61. The lowest BCUT2D eigenvalue weighted by Gasteiger charge is -2.41. The van der Waals surface area contributed by atoms with Crippen molar-refractivity contribution in [3.63, 3.8) is 0 Å². The molecule has 1 aliphatic carbocycles. The van der Waals surface area contributed by atoms with E-state index in [2.05, 4.69) is 25.6 Å². The van der Waals surface area contributed by atoms with Crippen LogP contribution >= 0.6 is 11.8 Å². The summed E-state index contributed by atoms with van der Waals surface area (Å²) in [6, 6.07) is 4.62. The molecule has 2 spiro atoms. The van der Waals surface area contributed by atoms with Gasteiger partial charge >= 0.3 is 12.1 Å². The number of carbonyl (C=O) groups is 1. The van der Waals surface area contributed by atoms with Crippen LogP contribution in [-0.4, -0.2) is 74.3 Å². The number of nitrogens with two attached hydrogens (primary N) is 1. The molecule has 3 aromatic rings. The van der Waals surface area contributed by atoms with Crippen molar-refractivity contribution in [3.8, 4) is 5.75 Å². The molecule has 2 atom stereocenters. The van der Waals surface area contributed by atoms with Crippen molar-refractivity contribution < 1.29 is 27.8 Å². The molecule has 3 N–H and O–H groups in total. The molecular formula is C28H31F3N8O3S. The summed E-state index contributed by atoms with van der Waals surface area (Å²) in [6.07, 6.45) is 8.47. The lowest BCUT2D eigenvalue weighted by Crippen LogP contribution is -2.45. The van der Waals surface area contributed by atoms with Crippen molar-refractivity contribution in [1.82, 2.24) is 24.7 Å². The molecule has 3 aromatic heterocycles. The smallest absolute Gasteiger partial charge is 0.486 e. The molecule has 15 heteroatoms. The SMILES string of the molecule is N[C@@H]1c2ccnn2CC12CCN(c1cnc(Sc3ccnc4c3OC[C@@H]3CC5(CC5)CN43)cn1)CC2.O=C(O)C(F)(F)F. The minimum absolute atomic E-state index is 0.0613. The Morgan fingerprint density at radius 1 is 1.07 bits per heavy atom. The molecule has 2 saturated heterocycles. The summed E-state index contributed by atoms with van der Waals surface area (Å²) in [6.45, 7) is 4.66. The molecule has 228 valence electrons. The predicted octanol–water partition coefficient (Wildman–Crippen LogP) is 3.90. The standard InChI is InChI=1S/C26H30N8OS.C2HF3O2/c27-23-18-1-8-31-34(18)16-26(23)5-9-32(10-6-26)20-12-30-21(13-29-20)36-19-2-7-28-24-22(19)35-14-17-11-25(3-4-25)15-33(17)24;3-2(4,5)1(6)7/h1-2,7-8,12-13,17,23H,3-6,9-11,14-16,27H2;(H,6,7)/t17-,23+;/m0./s1. The first kappa shape index (κ1) is 28.2. The Balaban J connectivity index is 0.000000386. The number of fused-ring (bicyclic) bond motifs is 4. The van der Waals surface area contributed by atoms with Crippen LogP contribution in [0.2, 0.25) is 0 Å². The fourth-order valence-corrected chi connectivity index (χ4v) is 7.67. The van der Waals surface area contributed by atoms with Gasteiger partial charge in [-0.3, -0.25) is 4.68 Å². The van der Waals surface area contributed by atoms with Crippen molar-refractivity contribution in [2.45, 2.75) is 66.8 Å². The van der Waals surface area contributed by atoms with Crippen LogP contribution in [0, 0.1) is 10.8 Å². The highest BCUT2D eigenvalue weighted by atomic mass is 32.2. The number of piperidine rings is 1. The van der Waals surface area contributed by atoms with Crippen LogP contribution in [0.5, 0.6) is 5.75 Å². The number of rotatable bonds is 3. The molecule has 4 aliphatic heterocycles. The van der Waals surface area contributed by atoms with E-state index in [0.29, 0.717) is 11.5 Å². The molecule has 1 saturated carbocycles. The Hall–Kier alpha value is -3.59. The van der Waals surface area contributed by atoms with Gasteiger partial charge in [-0.1, -0.05) is 11.8 Å². The van der Waals surface area contributed by atoms with Crippen LogP contribution in [0.1, 0.15) is 43.8 Å². The largest absolute Gasteiger partial charge is 0.490 e. The first-order chi connectivity index (χ1) is 20.6. The summed E-state index contributed by atoms with van der Waals surface area (Å²) in [7, 11) is 0. The maximum Gasteiger partial charge on any atom is 0.490 e. The third-order valence-electron chi connectivity index (χ3n) is 9.46. The van der Waals surface area contributed by atoms with E-state index < -0.39 is 12.1 Å². The molecule has 43 heavy (non-hydrogen) atoms. The van der Waals surface area contributed by atoms with E-state index >= 15 is 0 Å². The highest BCUT2D eigenvalue weighted by molar-refractivity contribution is 7.99. The van der Waals surface area contributed by atoms with Gasteiger partial charge in [-0.15, -0.1) is 0 Å². The molecule has 0 unspecified atom stereocenters. The molecule has 7 heterocycles. The minimum atomic E-state index is -5.08. The van der Waals surface area contributed by atoms with Gasteiger partial charge in [-0.25, -0.2) is 19.7 Å². The van der Waals surface area contributed by atoms with Crippen molar-refractivity contribution in [1.29, 1.82) is 0 Å². The zero-order chi connectivity index (χ0) is 30.0. The minimum Gasteiger partial charge on any atom is -0.486 e. The zero-order valence-electron chi connectivity index (χ0n) is 23.2. The van der Waals surface area contributed by atoms with Gasteiger partial charge in [-0.05, 0) is 49.7 Å². The normalized spacial score (nSPS) is 24.1. The number of ether oxygens (including phenoxy) is 1. The fraction of sp³-hybridized carbons (Fsp3) is 0.536. The van der Waals surface area contributed by atoms with E-state index in [4.69, 9.17) is 35.3 Å². The number of carboxylic acids is 1. The molecule has 5 aliphatic rings. The first-order valence-electron chi connectivity index (χ1n) is 14.3. The third-order valence-corrected chi connectivity index (χ3v) is 10.4. The van der Waals surface area contributed by atoms with Crippen LogP contribution in [0.15, 0.2) is 46.8 Å². The van der Waals surface area contributed by atoms with E-state index in [9.17, 15) is 13.2 Å². The van der Waals surface area contributed by atoms with Gasteiger partial charge in [0.1, 0.15) is 17.5 Å². The molecule has 0 bridgehead atoms. The summed E-state index contributed by atoms with van der Waals surface area (Å²) < 4.78 is 40.1. The number of hydrogen-bond donors (Lipinski definition) is 2. The molecular weight excluding hydrogens is 585 g/mol. The van der Waals surface area contributed by atoms with E-state index in [-0.39, 0.29) is 11.5 Å². The number of hydrogen-bond acceptors (Lipinski definition) is 10. The number of carboxylic acid groups (broad SMARTS) is 1. The molecule has 0 amide bonds. The number of aromatic nitrogens is 5. The highest BCUT2D eigenvalue weighted by Gasteiger charge is 2.54. The fourth-order valence-electron chi connectivity index (χ4n) is 6.86. The summed E-state index contributed by atoms with van der Waals surface area (Å²) in [5.41, 5.74) is 8.45. The molecule has 0 radical (unpaired) electrons.